The fourth-order valence-corrected chi connectivity index (χ4v) is 4.07. The highest BCUT2D eigenvalue weighted by molar-refractivity contribution is 5.92. The largest absolute Gasteiger partial charge is 0.446 e. The number of H-pyrrole nitrogens is 1. The zero-order chi connectivity index (χ0) is 23.8. The number of hydrogen-bond donors (Lipinski definition) is 5. The molecule has 10 heteroatoms. The van der Waals surface area contributed by atoms with Crippen molar-refractivity contribution in [2.75, 3.05) is 19.8 Å². The van der Waals surface area contributed by atoms with Crippen LogP contribution in [-0.2, 0) is 4.74 Å². The van der Waals surface area contributed by atoms with Gasteiger partial charge in [-0.15, -0.1) is 0 Å². The number of nitrogens with one attached hydrogen (secondary N) is 2. The van der Waals surface area contributed by atoms with Crippen molar-refractivity contribution in [3.63, 3.8) is 0 Å². The number of aromatic nitrogens is 1. The molecule has 1 saturated carbocycles. The van der Waals surface area contributed by atoms with Crippen molar-refractivity contribution in [2.24, 2.45) is 0 Å². The predicted octanol–water partition coefficient (Wildman–Crippen LogP) is 2.94. The van der Waals surface area contributed by atoms with E-state index in [0.717, 1.165) is 6.07 Å². The number of rotatable bonds is 7. The van der Waals surface area contributed by atoms with Crippen LogP contribution in [0.5, 0.6) is 0 Å². The lowest BCUT2D eigenvalue weighted by Gasteiger charge is -2.36. The SMILES string of the molecule is O=C(NC(CO)(CO)CO)OC1CC(c2c(-c3ccc(F)cc3)[nH]c3c(F)cc(F)cc23)C1. The molecule has 1 heterocycles. The van der Waals surface area contributed by atoms with Gasteiger partial charge in [0.1, 0.15) is 29.1 Å². The molecule has 3 aromatic rings. The summed E-state index contributed by atoms with van der Waals surface area (Å²) in [5.41, 5.74) is 0.296. The van der Waals surface area contributed by atoms with Crippen LogP contribution >= 0.6 is 0 Å². The molecule has 0 radical (unpaired) electrons. The van der Waals surface area contributed by atoms with Crippen molar-refractivity contribution in [3.05, 3.63) is 59.4 Å². The van der Waals surface area contributed by atoms with E-state index in [9.17, 15) is 33.3 Å². The molecular formula is C23H23F3N2O5. The first kappa shape index (κ1) is 23.1. The number of fused-ring (bicyclic) bond motifs is 1. The number of halogens is 3. The van der Waals surface area contributed by atoms with E-state index in [4.69, 9.17) is 4.74 Å². The van der Waals surface area contributed by atoms with Crippen LogP contribution in [0.3, 0.4) is 0 Å². The van der Waals surface area contributed by atoms with Gasteiger partial charge in [0.15, 0.2) is 0 Å². The average Bonchev–Trinajstić information content (AvgIpc) is 3.14. The van der Waals surface area contributed by atoms with Crippen molar-refractivity contribution < 1.29 is 38.0 Å². The van der Waals surface area contributed by atoms with Gasteiger partial charge in [-0.1, -0.05) is 0 Å². The summed E-state index contributed by atoms with van der Waals surface area (Å²) < 4.78 is 47.1. The van der Waals surface area contributed by atoms with Crippen molar-refractivity contribution >= 4 is 17.0 Å². The van der Waals surface area contributed by atoms with Gasteiger partial charge >= 0.3 is 6.09 Å². The number of alkyl carbamates (subject to hydrolysis) is 1. The molecule has 0 saturated heterocycles. The van der Waals surface area contributed by atoms with Crippen LogP contribution in [0.25, 0.3) is 22.2 Å². The Kier molecular flexibility index (Phi) is 6.33. The number of benzene rings is 2. The molecule has 1 amide bonds. The molecule has 33 heavy (non-hydrogen) atoms. The van der Waals surface area contributed by atoms with Gasteiger partial charge in [-0.2, -0.15) is 0 Å². The minimum Gasteiger partial charge on any atom is -0.446 e. The molecule has 1 aliphatic carbocycles. The maximum absolute atomic E-state index is 14.4. The minimum atomic E-state index is -1.61. The van der Waals surface area contributed by atoms with Crippen LogP contribution in [0.1, 0.15) is 24.3 Å². The van der Waals surface area contributed by atoms with Crippen LogP contribution in [0.15, 0.2) is 36.4 Å². The van der Waals surface area contributed by atoms with E-state index >= 15 is 0 Å². The highest BCUT2D eigenvalue weighted by Gasteiger charge is 2.38. The lowest BCUT2D eigenvalue weighted by molar-refractivity contribution is 0.00848. The Morgan fingerprint density at radius 1 is 1.03 bits per heavy atom. The van der Waals surface area contributed by atoms with Crippen molar-refractivity contribution in [1.82, 2.24) is 10.3 Å². The van der Waals surface area contributed by atoms with Gasteiger partial charge < -0.3 is 30.4 Å². The van der Waals surface area contributed by atoms with E-state index < -0.39 is 55.0 Å². The number of carbonyl (C=O) groups excluding carboxylic acids is 1. The van der Waals surface area contributed by atoms with E-state index in [1.807, 2.05) is 0 Å². The first-order valence-electron chi connectivity index (χ1n) is 10.4. The summed E-state index contributed by atoms with van der Waals surface area (Å²) in [6.07, 6.45) is -0.715. The molecule has 0 unspecified atom stereocenters. The summed E-state index contributed by atoms with van der Waals surface area (Å²) in [7, 11) is 0. The summed E-state index contributed by atoms with van der Waals surface area (Å²) in [5, 5.41) is 30.6. The molecule has 5 N–H and O–H groups in total. The first-order chi connectivity index (χ1) is 15.8. The molecule has 0 atom stereocenters. The van der Waals surface area contributed by atoms with E-state index in [1.165, 1.54) is 30.3 Å². The molecule has 2 aromatic carbocycles. The number of hydrogen-bond acceptors (Lipinski definition) is 5. The molecule has 1 aliphatic rings. The molecule has 1 fully saturated rings. The average molecular weight is 464 g/mol. The molecule has 0 aliphatic heterocycles. The van der Waals surface area contributed by atoms with Crippen molar-refractivity contribution in [1.29, 1.82) is 0 Å². The molecule has 4 rings (SSSR count). The number of ether oxygens (including phenoxy) is 1. The Labute approximate surface area is 186 Å². The zero-order valence-corrected chi connectivity index (χ0v) is 17.4. The summed E-state index contributed by atoms with van der Waals surface area (Å²) in [4.78, 5) is 15.1. The lowest BCUT2D eigenvalue weighted by Crippen LogP contribution is -2.57. The molecule has 0 bridgehead atoms. The third-order valence-corrected chi connectivity index (χ3v) is 6.05. The number of aliphatic hydroxyl groups excluding tert-OH is 3. The van der Waals surface area contributed by atoms with E-state index in [-0.39, 0.29) is 11.4 Å². The van der Waals surface area contributed by atoms with E-state index in [1.54, 1.807) is 0 Å². The smallest absolute Gasteiger partial charge is 0.408 e. The number of carbonyl (C=O) groups is 1. The zero-order valence-electron chi connectivity index (χ0n) is 17.4. The molecule has 176 valence electrons. The van der Waals surface area contributed by atoms with Crippen LogP contribution in [-0.4, -0.2) is 57.9 Å². The molecular weight excluding hydrogens is 441 g/mol. The van der Waals surface area contributed by atoms with Crippen LogP contribution in [0.4, 0.5) is 18.0 Å². The maximum atomic E-state index is 14.4. The fraction of sp³-hybridized carbons (Fsp3) is 0.348. The fourth-order valence-electron chi connectivity index (χ4n) is 4.07. The van der Waals surface area contributed by atoms with Gasteiger partial charge in [-0.3, -0.25) is 0 Å². The number of amides is 1. The minimum absolute atomic E-state index is 0.131. The first-order valence-corrected chi connectivity index (χ1v) is 10.4. The highest BCUT2D eigenvalue weighted by atomic mass is 19.1. The Morgan fingerprint density at radius 3 is 2.27 bits per heavy atom. The van der Waals surface area contributed by atoms with Crippen molar-refractivity contribution in [2.45, 2.75) is 30.4 Å². The van der Waals surface area contributed by atoms with Gasteiger partial charge in [0.2, 0.25) is 0 Å². The number of aliphatic hydroxyl groups is 3. The molecule has 0 spiro atoms. The Balaban J connectivity index is 1.57. The van der Waals surface area contributed by atoms with Gasteiger partial charge in [-0.25, -0.2) is 18.0 Å². The summed E-state index contributed by atoms with van der Waals surface area (Å²) in [6.45, 7) is -2.05. The van der Waals surface area contributed by atoms with Crippen LogP contribution < -0.4 is 5.32 Å². The molecule has 7 nitrogen and oxygen atoms in total. The summed E-state index contributed by atoms with van der Waals surface area (Å²) in [6, 6.07) is 7.63. The van der Waals surface area contributed by atoms with Gasteiger partial charge in [0.05, 0.1) is 31.0 Å². The lowest BCUT2D eigenvalue weighted by atomic mass is 9.75. The van der Waals surface area contributed by atoms with E-state index in [2.05, 4.69) is 10.3 Å². The van der Waals surface area contributed by atoms with Crippen LogP contribution in [0, 0.1) is 17.5 Å². The monoisotopic (exact) mass is 464 g/mol. The maximum Gasteiger partial charge on any atom is 0.408 e. The standard InChI is InChI=1S/C23H23F3N2O5/c24-14-3-1-12(2-4-14)20-19(17-7-15(25)8-18(26)21(17)27-20)13-5-16(6-13)33-22(32)28-23(9-29,10-30)11-31/h1-4,7-8,13,16,27,29-31H,5-6,9-11H2,(H,28,32). The van der Waals surface area contributed by atoms with Gasteiger partial charge in [0, 0.05) is 11.5 Å². The van der Waals surface area contributed by atoms with E-state index in [0.29, 0.717) is 35.0 Å². The Hall–Kier alpha value is -3.08. The van der Waals surface area contributed by atoms with Gasteiger partial charge in [0.25, 0.3) is 0 Å². The Morgan fingerprint density at radius 2 is 1.67 bits per heavy atom. The second-order valence-corrected chi connectivity index (χ2v) is 8.31. The third-order valence-electron chi connectivity index (χ3n) is 6.05. The highest BCUT2D eigenvalue weighted by Crippen LogP contribution is 2.46. The third kappa shape index (κ3) is 4.41. The summed E-state index contributed by atoms with van der Waals surface area (Å²) >= 11 is 0. The molecule has 1 aromatic heterocycles. The summed E-state index contributed by atoms with van der Waals surface area (Å²) in [5.74, 6) is -2.11. The Bertz CT molecular complexity index is 1150. The number of aromatic amines is 1. The normalized spacial score (nSPS) is 18.2. The second-order valence-electron chi connectivity index (χ2n) is 8.31. The van der Waals surface area contributed by atoms with Crippen molar-refractivity contribution in [3.8, 4) is 11.3 Å². The topological polar surface area (TPSA) is 115 Å². The van der Waals surface area contributed by atoms with Gasteiger partial charge in [-0.05, 0) is 60.2 Å². The predicted molar refractivity (Wildman–Crippen MR) is 113 cm³/mol. The second kappa shape index (κ2) is 9.05. The van der Waals surface area contributed by atoms with Crippen LogP contribution in [0.2, 0.25) is 0 Å². The quantitative estimate of drug-likeness (QED) is 0.369.